The molecule has 1 fully saturated rings. The van der Waals surface area contributed by atoms with Crippen molar-refractivity contribution in [3.05, 3.63) is 17.8 Å². The van der Waals surface area contributed by atoms with E-state index in [-0.39, 0.29) is 4.75 Å². The summed E-state index contributed by atoms with van der Waals surface area (Å²) in [6.07, 6.45) is 4.05. The molecule has 1 aliphatic heterocycles. The molecule has 0 amide bonds. The zero-order valence-corrected chi connectivity index (χ0v) is 10.7. The lowest BCUT2D eigenvalue weighted by atomic mass is 10.1. The summed E-state index contributed by atoms with van der Waals surface area (Å²) in [5.41, 5.74) is 6.63. The molecule has 1 atom stereocenters. The van der Waals surface area contributed by atoms with Crippen LogP contribution in [0.2, 0.25) is 0 Å². The molecular weight excluding hydrogens is 232 g/mol. The highest BCUT2D eigenvalue weighted by molar-refractivity contribution is 8.00. The first-order valence-electron chi connectivity index (χ1n) is 5.66. The van der Waals surface area contributed by atoms with Crippen molar-refractivity contribution in [1.29, 1.82) is 5.26 Å². The fourth-order valence-corrected chi connectivity index (χ4v) is 3.20. The van der Waals surface area contributed by atoms with Crippen molar-refractivity contribution in [1.82, 2.24) is 4.98 Å². The molecule has 0 aliphatic carbocycles. The van der Waals surface area contributed by atoms with Crippen LogP contribution in [0.15, 0.2) is 12.3 Å². The molecule has 2 rings (SSSR count). The Morgan fingerprint density at radius 3 is 3.18 bits per heavy atom. The predicted octanol–water partition coefficient (Wildman–Crippen LogP) is 2.23. The minimum Gasteiger partial charge on any atom is -0.397 e. The van der Waals surface area contributed by atoms with E-state index in [1.54, 1.807) is 12.3 Å². The van der Waals surface area contributed by atoms with Gasteiger partial charge in [-0.2, -0.15) is 17.0 Å². The van der Waals surface area contributed by atoms with Crippen LogP contribution in [0.1, 0.15) is 25.3 Å². The average Bonchev–Trinajstić information content (AvgIpc) is 2.75. The zero-order valence-electron chi connectivity index (χ0n) is 9.86. The van der Waals surface area contributed by atoms with Crippen molar-refractivity contribution in [3.8, 4) is 6.07 Å². The van der Waals surface area contributed by atoms with Gasteiger partial charge in [-0.3, -0.25) is 0 Å². The summed E-state index contributed by atoms with van der Waals surface area (Å²) in [5.74, 6) is 1.86. The van der Waals surface area contributed by atoms with Gasteiger partial charge in [-0.1, -0.05) is 0 Å². The number of hydrogen-bond acceptors (Lipinski definition) is 5. The Morgan fingerprint density at radius 2 is 2.53 bits per heavy atom. The topological polar surface area (TPSA) is 74.7 Å². The van der Waals surface area contributed by atoms with Crippen LogP contribution < -0.4 is 11.1 Å². The molecule has 1 aliphatic rings. The number of nitrogens with zero attached hydrogens (tertiary/aromatic N) is 2. The van der Waals surface area contributed by atoms with E-state index in [2.05, 4.69) is 23.3 Å². The Kier molecular flexibility index (Phi) is 3.43. The summed E-state index contributed by atoms with van der Waals surface area (Å²) in [7, 11) is 0. The molecule has 1 unspecified atom stereocenters. The third-order valence-electron chi connectivity index (χ3n) is 2.96. The first-order valence-corrected chi connectivity index (χ1v) is 6.65. The first-order chi connectivity index (χ1) is 8.13. The molecular formula is C12H16N4S. The van der Waals surface area contributed by atoms with E-state index in [0.29, 0.717) is 17.1 Å². The van der Waals surface area contributed by atoms with Gasteiger partial charge in [-0.15, -0.1) is 0 Å². The monoisotopic (exact) mass is 248 g/mol. The quantitative estimate of drug-likeness (QED) is 0.858. The van der Waals surface area contributed by atoms with E-state index < -0.39 is 0 Å². The Hall–Kier alpha value is -1.41. The molecule has 0 radical (unpaired) electrons. The molecule has 90 valence electrons. The van der Waals surface area contributed by atoms with Gasteiger partial charge >= 0.3 is 0 Å². The van der Waals surface area contributed by atoms with Crippen LogP contribution in [0, 0.1) is 11.3 Å². The number of aromatic nitrogens is 1. The van der Waals surface area contributed by atoms with Crippen molar-refractivity contribution in [3.63, 3.8) is 0 Å². The van der Waals surface area contributed by atoms with Gasteiger partial charge in [-0.25, -0.2) is 4.98 Å². The van der Waals surface area contributed by atoms with Crippen LogP contribution in [0.25, 0.3) is 0 Å². The molecule has 0 spiro atoms. The van der Waals surface area contributed by atoms with Crippen LogP contribution in [-0.2, 0) is 0 Å². The fourth-order valence-electron chi connectivity index (χ4n) is 1.95. The molecule has 4 nitrogen and oxygen atoms in total. The summed E-state index contributed by atoms with van der Waals surface area (Å²) in [4.78, 5) is 4.17. The van der Waals surface area contributed by atoms with Crippen LogP contribution in [0.5, 0.6) is 0 Å². The second-order valence-electron chi connectivity index (χ2n) is 4.53. The number of pyridine rings is 1. The standard InChI is InChI=1S/C12H16N4S/c1-12(3-2-4-17-12)8-16-11-9(6-13)5-10(14)7-15-11/h5,7H,2-4,8,14H2,1H3,(H,15,16). The van der Waals surface area contributed by atoms with Crippen molar-refractivity contribution in [2.45, 2.75) is 24.5 Å². The summed E-state index contributed by atoms with van der Waals surface area (Å²) in [6.45, 7) is 3.09. The lowest BCUT2D eigenvalue weighted by Crippen LogP contribution is -2.27. The smallest absolute Gasteiger partial charge is 0.144 e. The van der Waals surface area contributed by atoms with E-state index in [1.165, 1.54) is 18.6 Å². The van der Waals surface area contributed by atoms with Gasteiger partial charge in [0.15, 0.2) is 0 Å². The SMILES string of the molecule is CC1(CNc2ncc(N)cc2C#N)CCCS1. The molecule has 0 aromatic carbocycles. The second-order valence-corrected chi connectivity index (χ2v) is 6.21. The third kappa shape index (κ3) is 2.83. The largest absolute Gasteiger partial charge is 0.397 e. The minimum absolute atomic E-state index is 0.260. The van der Waals surface area contributed by atoms with Crippen LogP contribution >= 0.6 is 11.8 Å². The highest BCUT2D eigenvalue weighted by Crippen LogP contribution is 2.37. The van der Waals surface area contributed by atoms with Gasteiger partial charge in [0.2, 0.25) is 0 Å². The fraction of sp³-hybridized carbons (Fsp3) is 0.500. The highest BCUT2D eigenvalue weighted by atomic mass is 32.2. The number of anilines is 2. The number of nitrogens with two attached hydrogens (primary N) is 1. The molecule has 1 aromatic heterocycles. The Labute approximate surface area is 106 Å². The van der Waals surface area contributed by atoms with Crippen molar-refractivity contribution in [2.24, 2.45) is 0 Å². The molecule has 2 heterocycles. The number of hydrogen-bond donors (Lipinski definition) is 2. The van der Waals surface area contributed by atoms with Crippen molar-refractivity contribution >= 4 is 23.3 Å². The molecule has 3 N–H and O–H groups in total. The number of nitrogens with one attached hydrogen (secondary N) is 1. The van der Waals surface area contributed by atoms with Gasteiger partial charge in [0.1, 0.15) is 11.9 Å². The van der Waals surface area contributed by atoms with Crippen molar-refractivity contribution < 1.29 is 0 Å². The minimum atomic E-state index is 0.260. The maximum Gasteiger partial charge on any atom is 0.144 e. The summed E-state index contributed by atoms with van der Waals surface area (Å²) in [5, 5.41) is 12.3. The van der Waals surface area contributed by atoms with Gasteiger partial charge in [0.25, 0.3) is 0 Å². The number of nitrogen functional groups attached to an aromatic ring is 1. The lowest BCUT2D eigenvalue weighted by Gasteiger charge is -2.23. The van der Waals surface area contributed by atoms with E-state index in [4.69, 9.17) is 11.0 Å². The molecule has 0 saturated carbocycles. The summed E-state index contributed by atoms with van der Waals surface area (Å²) in [6, 6.07) is 3.76. The van der Waals surface area contributed by atoms with E-state index in [1.807, 2.05) is 11.8 Å². The Morgan fingerprint density at radius 1 is 1.71 bits per heavy atom. The van der Waals surface area contributed by atoms with Gasteiger partial charge in [0.05, 0.1) is 17.4 Å². The van der Waals surface area contributed by atoms with Gasteiger partial charge in [-0.05, 0) is 31.6 Å². The van der Waals surface area contributed by atoms with E-state index in [0.717, 1.165) is 6.54 Å². The maximum absolute atomic E-state index is 9.01. The van der Waals surface area contributed by atoms with Gasteiger partial charge in [0, 0.05) is 11.3 Å². The van der Waals surface area contributed by atoms with Crippen LogP contribution in [-0.4, -0.2) is 22.0 Å². The van der Waals surface area contributed by atoms with Gasteiger partial charge < -0.3 is 11.1 Å². The molecule has 0 bridgehead atoms. The van der Waals surface area contributed by atoms with Crippen LogP contribution in [0.3, 0.4) is 0 Å². The summed E-state index contributed by atoms with van der Waals surface area (Å²) >= 11 is 1.98. The predicted molar refractivity (Wildman–Crippen MR) is 72.0 cm³/mol. The van der Waals surface area contributed by atoms with Crippen LogP contribution in [0.4, 0.5) is 11.5 Å². The third-order valence-corrected chi connectivity index (χ3v) is 4.50. The Balaban J connectivity index is 2.06. The first kappa shape index (κ1) is 12.1. The summed E-state index contributed by atoms with van der Waals surface area (Å²) < 4.78 is 0.260. The highest BCUT2D eigenvalue weighted by Gasteiger charge is 2.29. The second kappa shape index (κ2) is 4.84. The molecule has 1 aromatic rings. The molecule has 17 heavy (non-hydrogen) atoms. The lowest BCUT2D eigenvalue weighted by molar-refractivity contribution is 0.633. The Bertz CT molecular complexity index is 446. The number of rotatable bonds is 3. The zero-order chi connectivity index (χ0) is 12.3. The number of nitriles is 1. The number of thioether (sulfide) groups is 1. The molecule has 5 heteroatoms. The van der Waals surface area contributed by atoms with E-state index >= 15 is 0 Å². The average molecular weight is 248 g/mol. The maximum atomic E-state index is 9.01. The normalized spacial score (nSPS) is 23.3. The molecule has 1 saturated heterocycles. The van der Waals surface area contributed by atoms with E-state index in [9.17, 15) is 0 Å². The van der Waals surface area contributed by atoms with Crippen molar-refractivity contribution in [2.75, 3.05) is 23.3 Å².